The van der Waals surface area contributed by atoms with Gasteiger partial charge in [0.2, 0.25) is 10.0 Å². The van der Waals surface area contributed by atoms with Crippen LogP contribution < -0.4 is 4.72 Å². The van der Waals surface area contributed by atoms with Crippen molar-refractivity contribution >= 4 is 45.2 Å². The number of carbonyl (C=O) groups is 2. The maximum Gasteiger partial charge on any atom is 0.338 e. The van der Waals surface area contributed by atoms with Crippen LogP contribution in [-0.4, -0.2) is 39.1 Å². The largest absolute Gasteiger partial charge is 0.478 e. The van der Waals surface area contributed by atoms with Gasteiger partial charge in [0.15, 0.2) is 0 Å². The molecule has 0 aromatic heterocycles. The zero-order chi connectivity index (χ0) is 16.2. The molecular formula is C11H11Cl2NO6S. The smallest absolute Gasteiger partial charge is 0.338 e. The van der Waals surface area contributed by atoms with Gasteiger partial charge in [-0.15, -0.1) is 0 Å². The summed E-state index contributed by atoms with van der Waals surface area (Å²) in [4.78, 5) is 21.5. The normalized spacial score (nSPS) is 11.2. The highest BCUT2D eigenvalue weighted by atomic mass is 35.5. The Balaban J connectivity index is 3.07. The minimum atomic E-state index is -4.08. The number of aromatic carboxylic acids is 1. The highest BCUT2D eigenvalue weighted by molar-refractivity contribution is 7.89. The number of sulfonamides is 1. The number of esters is 1. The predicted molar refractivity (Wildman–Crippen MR) is 75.2 cm³/mol. The summed E-state index contributed by atoms with van der Waals surface area (Å²) in [7, 11) is -2.91. The van der Waals surface area contributed by atoms with E-state index in [9.17, 15) is 18.0 Å². The van der Waals surface area contributed by atoms with Crippen molar-refractivity contribution in [2.75, 3.05) is 13.7 Å². The highest BCUT2D eigenvalue weighted by Crippen LogP contribution is 2.30. The van der Waals surface area contributed by atoms with Gasteiger partial charge in [0.1, 0.15) is 4.90 Å². The minimum Gasteiger partial charge on any atom is -0.478 e. The van der Waals surface area contributed by atoms with Gasteiger partial charge >= 0.3 is 11.9 Å². The molecule has 0 saturated carbocycles. The fourth-order valence-corrected chi connectivity index (χ4v) is 3.35. The Morgan fingerprint density at radius 2 is 1.95 bits per heavy atom. The summed E-state index contributed by atoms with van der Waals surface area (Å²) < 4.78 is 30.5. The van der Waals surface area contributed by atoms with E-state index in [1.807, 2.05) is 0 Å². The molecule has 21 heavy (non-hydrogen) atoms. The Hall–Kier alpha value is -1.35. The molecule has 1 aromatic rings. The van der Waals surface area contributed by atoms with Gasteiger partial charge in [0.25, 0.3) is 0 Å². The molecule has 0 amide bonds. The van der Waals surface area contributed by atoms with Gasteiger partial charge in [-0.05, 0) is 12.1 Å². The van der Waals surface area contributed by atoms with Crippen molar-refractivity contribution in [3.63, 3.8) is 0 Å². The first-order chi connectivity index (χ1) is 9.70. The van der Waals surface area contributed by atoms with E-state index in [1.165, 1.54) is 7.11 Å². The van der Waals surface area contributed by atoms with Crippen LogP contribution in [0.25, 0.3) is 0 Å². The number of carboxylic acids is 1. The molecule has 0 atom stereocenters. The van der Waals surface area contributed by atoms with Crippen LogP contribution in [0.2, 0.25) is 10.0 Å². The Labute approximate surface area is 130 Å². The highest BCUT2D eigenvalue weighted by Gasteiger charge is 2.24. The maximum atomic E-state index is 12.0. The summed E-state index contributed by atoms with van der Waals surface area (Å²) in [5.74, 6) is -2.04. The molecule has 116 valence electrons. The molecule has 0 bridgehead atoms. The first kappa shape index (κ1) is 17.7. The molecule has 0 heterocycles. The average molecular weight is 356 g/mol. The van der Waals surface area contributed by atoms with Gasteiger partial charge in [0.05, 0.1) is 29.1 Å². The van der Waals surface area contributed by atoms with Gasteiger partial charge in [-0.3, -0.25) is 4.79 Å². The molecule has 0 saturated heterocycles. The topological polar surface area (TPSA) is 110 Å². The second kappa shape index (κ2) is 7.08. The van der Waals surface area contributed by atoms with Crippen molar-refractivity contribution in [2.24, 2.45) is 0 Å². The van der Waals surface area contributed by atoms with E-state index in [-0.39, 0.29) is 18.0 Å². The van der Waals surface area contributed by atoms with Crippen LogP contribution in [0, 0.1) is 0 Å². The van der Waals surface area contributed by atoms with E-state index in [2.05, 4.69) is 9.46 Å². The summed E-state index contributed by atoms with van der Waals surface area (Å²) in [5, 5.41) is 8.29. The van der Waals surface area contributed by atoms with E-state index >= 15 is 0 Å². The molecule has 0 unspecified atom stereocenters. The number of ether oxygens (including phenoxy) is 1. The quantitative estimate of drug-likeness (QED) is 0.748. The fourth-order valence-electron chi connectivity index (χ4n) is 1.40. The summed E-state index contributed by atoms with van der Waals surface area (Å²) in [6, 6.07) is 2.20. The number of carboxylic acid groups (broad SMARTS) is 1. The molecule has 0 spiro atoms. The number of methoxy groups -OCH3 is 1. The lowest BCUT2D eigenvalue weighted by Crippen LogP contribution is -2.27. The van der Waals surface area contributed by atoms with Gasteiger partial charge in [-0.25, -0.2) is 17.9 Å². The molecular weight excluding hydrogens is 345 g/mol. The molecule has 0 radical (unpaired) electrons. The van der Waals surface area contributed by atoms with Gasteiger partial charge in [-0.2, -0.15) is 0 Å². The van der Waals surface area contributed by atoms with Crippen LogP contribution in [0.3, 0.4) is 0 Å². The second-order valence-corrected chi connectivity index (χ2v) is 6.28. The van der Waals surface area contributed by atoms with Gasteiger partial charge < -0.3 is 9.84 Å². The number of halogens is 2. The minimum absolute atomic E-state index is 0.174. The Bertz CT molecular complexity index is 674. The lowest BCUT2D eigenvalue weighted by atomic mass is 10.2. The van der Waals surface area contributed by atoms with Crippen molar-refractivity contribution in [1.82, 2.24) is 4.72 Å². The average Bonchev–Trinajstić information content (AvgIpc) is 2.37. The predicted octanol–water partition coefficient (Wildman–Crippen LogP) is 1.53. The number of rotatable bonds is 6. The number of nitrogens with one attached hydrogen (secondary N) is 1. The van der Waals surface area contributed by atoms with Crippen molar-refractivity contribution in [3.05, 3.63) is 27.7 Å². The zero-order valence-electron chi connectivity index (χ0n) is 10.7. The second-order valence-electron chi connectivity index (χ2n) is 3.76. The Kier molecular flexibility index (Phi) is 5.97. The van der Waals surface area contributed by atoms with Crippen LogP contribution in [0.4, 0.5) is 0 Å². The fraction of sp³-hybridized carbons (Fsp3) is 0.273. The molecule has 0 aliphatic carbocycles. The van der Waals surface area contributed by atoms with Crippen LogP contribution in [0.5, 0.6) is 0 Å². The molecule has 0 aliphatic heterocycles. The standard InChI is InChI=1S/C11H11Cl2NO6S/c1-20-8(15)4-5-14-21(18,19)7-3-2-6(12)9(10(7)13)11(16)17/h2-3,14H,4-5H2,1H3,(H,16,17). The summed E-state index contributed by atoms with van der Waals surface area (Å²) in [5.41, 5.74) is -0.505. The molecule has 1 aromatic carbocycles. The zero-order valence-corrected chi connectivity index (χ0v) is 13.0. The number of benzene rings is 1. The Morgan fingerprint density at radius 1 is 1.33 bits per heavy atom. The van der Waals surface area contributed by atoms with Crippen molar-refractivity contribution in [2.45, 2.75) is 11.3 Å². The van der Waals surface area contributed by atoms with E-state index in [0.717, 1.165) is 12.1 Å². The van der Waals surface area contributed by atoms with Crippen molar-refractivity contribution in [1.29, 1.82) is 0 Å². The molecule has 0 fully saturated rings. The van der Waals surface area contributed by atoms with Crippen LogP contribution in [-0.2, 0) is 19.6 Å². The van der Waals surface area contributed by atoms with Gasteiger partial charge in [-0.1, -0.05) is 23.2 Å². The first-order valence-electron chi connectivity index (χ1n) is 5.48. The van der Waals surface area contributed by atoms with E-state index in [4.69, 9.17) is 28.3 Å². The maximum absolute atomic E-state index is 12.0. The molecule has 7 nitrogen and oxygen atoms in total. The van der Waals surface area contributed by atoms with Crippen LogP contribution in [0.1, 0.15) is 16.8 Å². The Morgan fingerprint density at radius 3 is 2.48 bits per heavy atom. The first-order valence-corrected chi connectivity index (χ1v) is 7.72. The SMILES string of the molecule is COC(=O)CCNS(=O)(=O)c1ccc(Cl)c(C(=O)O)c1Cl. The number of carbonyl (C=O) groups excluding carboxylic acids is 1. The number of hydrogen-bond donors (Lipinski definition) is 2. The molecule has 2 N–H and O–H groups in total. The van der Waals surface area contributed by atoms with Crippen molar-refractivity contribution < 1.29 is 27.9 Å². The van der Waals surface area contributed by atoms with Gasteiger partial charge in [0, 0.05) is 6.54 Å². The van der Waals surface area contributed by atoms with Crippen LogP contribution >= 0.6 is 23.2 Å². The summed E-state index contributed by atoms with van der Waals surface area (Å²) >= 11 is 11.5. The molecule has 0 aliphatic rings. The summed E-state index contributed by atoms with van der Waals surface area (Å²) in [6.07, 6.45) is -0.174. The third kappa shape index (κ3) is 4.31. The number of hydrogen-bond acceptors (Lipinski definition) is 5. The van der Waals surface area contributed by atoms with E-state index in [1.54, 1.807) is 0 Å². The lowest BCUT2D eigenvalue weighted by molar-refractivity contribution is -0.140. The van der Waals surface area contributed by atoms with E-state index < -0.39 is 37.4 Å². The summed E-state index contributed by atoms with van der Waals surface area (Å²) in [6.45, 7) is -0.212. The monoisotopic (exact) mass is 355 g/mol. The lowest BCUT2D eigenvalue weighted by Gasteiger charge is -2.10. The van der Waals surface area contributed by atoms with E-state index in [0.29, 0.717) is 0 Å². The third-order valence-electron chi connectivity index (χ3n) is 2.41. The molecule has 10 heteroatoms. The third-order valence-corrected chi connectivity index (χ3v) is 4.73. The van der Waals surface area contributed by atoms with Crippen LogP contribution in [0.15, 0.2) is 17.0 Å². The molecule has 1 rings (SSSR count). The van der Waals surface area contributed by atoms with Crippen molar-refractivity contribution in [3.8, 4) is 0 Å².